The Hall–Kier alpha value is 0.934. The van der Waals surface area contributed by atoms with Gasteiger partial charge in [-0.25, -0.2) is 0 Å². The van der Waals surface area contributed by atoms with Crippen molar-refractivity contribution in [2.75, 3.05) is 0 Å². The van der Waals surface area contributed by atoms with Crippen molar-refractivity contribution in [2.24, 2.45) is 0 Å². The van der Waals surface area contributed by atoms with Crippen molar-refractivity contribution < 1.29 is 54.6 Å². The summed E-state index contributed by atoms with van der Waals surface area (Å²) in [5.41, 5.74) is 1.46. The van der Waals surface area contributed by atoms with E-state index in [4.69, 9.17) is 0 Å². The second kappa shape index (κ2) is 7.35. The van der Waals surface area contributed by atoms with Gasteiger partial charge in [0.2, 0.25) is 0 Å². The molecule has 1 aliphatic carbocycles. The minimum atomic E-state index is 0. The van der Waals surface area contributed by atoms with Crippen LogP contribution in [0.3, 0.4) is 0 Å². The molecule has 0 aromatic heterocycles. The first kappa shape index (κ1) is 18.7. The van der Waals surface area contributed by atoms with Crippen molar-refractivity contribution in [3.05, 3.63) is 23.8 Å². The molecule has 0 saturated heterocycles. The first-order valence-electron chi connectivity index (χ1n) is 3.27. The minimum absolute atomic E-state index is 0. The third-order valence-corrected chi connectivity index (χ3v) is 1.96. The maximum Gasteiger partial charge on any atom is -1.00 e. The molecule has 0 aromatic rings. The fraction of sp³-hybridized carbons (Fsp3) is 0.500. The monoisotopic (exact) mass is 263 g/mol. The molecule has 0 bridgehead atoms. The van der Waals surface area contributed by atoms with Gasteiger partial charge in [-0.3, -0.25) is 0 Å². The largest absolute Gasteiger partial charge is 1.00 e. The smallest absolute Gasteiger partial charge is 1.00 e. The van der Waals surface area contributed by atoms with Gasteiger partial charge in [-0.1, -0.05) is 0 Å². The SMILES string of the molecule is CCC1=C[C](C)([V+3])C=C1.[Cl-].[Cl-].[Cl-]. The molecule has 0 N–H and O–H groups in total. The zero-order valence-electron chi connectivity index (χ0n) is 7.02. The summed E-state index contributed by atoms with van der Waals surface area (Å²) in [6.45, 7) is 4.39. The number of hydrogen-bond acceptors (Lipinski definition) is 0. The molecule has 0 radical (unpaired) electrons. The van der Waals surface area contributed by atoms with Crippen LogP contribution in [0.2, 0.25) is 4.13 Å². The molecular formula is C8H11Cl3V. The van der Waals surface area contributed by atoms with Gasteiger partial charge in [0.25, 0.3) is 0 Å². The van der Waals surface area contributed by atoms with Crippen molar-refractivity contribution in [2.45, 2.75) is 24.4 Å². The second-order valence-corrected chi connectivity index (χ2v) is 4.14. The van der Waals surface area contributed by atoms with Crippen molar-refractivity contribution in [3.8, 4) is 0 Å². The van der Waals surface area contributed by atoms with E-state index in [1.165, 1.54) is 5.57 Å². The summed E-state index contributed by atoms with van der Waals surface area (Å²) in [5.74, 6) is 0. The summed E-state index contributed by atoms with van der Waals surface area (Å²) < 4.78 is 0.262. The van der Waals surface area contributed by atoms with Crippen molar-refractivity contribution in [1.82, 2.24) is 0 Å². The van der Waals surface area contributed by atoms with Gasteiger partial charge in [-0.15, -0.1) is 0 Å². The van der Waals surface area contributed by atoms with Crippen LogP contribution in [0.25, 0.3) is 0 Å². The normalized spacial score (nSPS) is 24.8. The minimum Gasteiger partial charge on any atom is -1.00 e. The Morgan fingerprint density at radius 1 is 1.33 bits per heavy atom. The summed E-state index contributed by atoms with van der Waals surface area (Å²) >= 11 is 2.67. The molecule has 1 rings (SSSR count). The number of rotatable bonds is 1. The maximum atomic E-state index is 2.67. The Morgan fingerprint density at radius 2 is 1.83 bits per heavy atom. The number of allylic oxidation sites excluding steroid dienone is 4. The molecule has 0 amide bonds. The maximum absolute atomic E-state index is 2.67. The van der Waals surface area contributed by atoms with E-state index in [0.29, 0.717) is 0 Å². The molecule has 4 heteroatoms. The molecule has 0 spiro atoms. The van der Waals surface area contributed by atoms with Crippen LogP contribution in [0.1, 0.15) is 20.3 Å². The Balaban J connectivity index is -0.000000270. The topological polar surface area (TPSA) is 0 Å². The fourth-order valence-corrected chi connectivity index (χ4v) is 1.34. The van der Waals surface area contributed by atoms with Gasteiger partial charge in [0.1, 0.15) is 0 Å². The molecule has 0 saturated carbocycles. The van der Waals surface area contributed by atoms with Crippen molar-refractivity contribution >= 4 is 0 Å². The quantitative estimate of drug-likeness (QED) is 0.442. The summed E-state index contributed by atoms with van der Waals surface area (Å²) in [7, 11) is 0. The molecule has 0 aromatic carbocycles. The number of halogens is 3. The fourth-order valence-electron chi connectivity index (χ4n) is 0.967. The molecular weight excluding hydrogens is 253 g/mol. The van der Waals surface area contributed by atoms with Gasteiger partial charge in [0.05, 0.1) is 0 Å². The zero-order valence-corrected chi connectivity index (χ0v) is 10.7. The Morgan fingerprint density at radius 3 is 2.00 bits per heavy atom. The van der Waals surface area contributed by atoms with Gasteiger partial charge < -0.3 is 37.2 Å². The standard InChI is InChI=1S/C8H11.3ClH.V/c1-3-8-5-4-7(2)6-8;;;;/h4-6H,3H2,1-2H3;3*1H;/q;;;;+3/p-3. The Labute approximate surface area is 102 Å². The van der Waals surface area contributed by atoms with Crippen LogP contribution in [-0.2, 0) is 17.4 Å². The molecule has 0 aliphatic heterocycles. The van der Waals surface area contributed by atoms with Crippen molar-refractivity contribution in [3.63, 3.8) is 0 Å². The molecule has 12 heavy (non-hydrogen) atoms. The van der Waals surface area contributed by atoms with Gasteiger partial charge in [-0.2, -0.15) is 0 Å². The van der Waals surface area contributed by atoms with Crippen LogP contribution < -0.4 is 37.2 Å². The molecule has 0 heterocycles. The predicted molar refractivity (Wildman–Crippen MR) is 35.9 cm³/mol. The molecule has 0 nitrogen and oxygen atoms in total. The van der Waals surface area contributed by atoms with Crippen LogP contribution in [-0.4, -0.2) is 0 Å². The molecule has 1 unspecified atom stereocenters. The molecule has 1 aliphatic rings. The van der Waals surface area contributed by atoms with E-state index in [-0.39, 0.29) is 41.3 Å². The van der Waals surface area contributed by atoms with Gasteiger partial charge in [0.15, 0.2) is 0 Å². The summed E-state index contributed by atoms with van der Waals surface area (Å²) in [6.07, 6.45) is 7.89. The van der Waals surface area contributed by atoms with Gasteiger partial charge in [-0.05, 0) is 0 Å². The van der Waals surface area contributed by atoms with E-state index >= 15 is 0 Å². The van der Waals surface area contributed by atoms with Crippen LogP contribution in [0, 0.1) is 0 Å². The van der Waals surface area contributed by atoms with Crippen LogP contribution in [0.15, 0.2) is 23.8 Å². The van der Waals surface area contributed by atoms with Crippen molar-refractivity contribution in [1.29, 1.82) is 0 Å². The third-order valence-electron chi connectivity index (χ3n) is 1.52. The zero-order chi connectivity index (χ0) is 6.91. The summed E-state index contributed by atoms with van der Waals surface area (Å²) in [6, 6.07) is 0. The first-order chi connectivity index (χ1) is 4.14. The Bertz CT molecular complexity index is 173. The second-order valence-electron chi connectivity index (χ2n) is 2.63. The average Bonchev–Trinajstić information content (AvgIpc) is 2.10. The number of hydrogen-bond donors (Lipinski definition) is 0. The van der Waals surface area contributed by atoms with E-state index in [1.54, 1.807) is 0 Å². The first-order valence-corrected chi connectivity index (χ1v) is 3.97. The van der Waals surface area contributed by atoms with E-state index in [9.17, 15) is 0 Å². The molecule has 69 valence electrons. The Kier molecular flexibility index (Phi) is 11.4. The van der Waals surface area contributed by atoms with Crippen LogP contribution in [0.4, 0.5) is 0 Å². The summed E-state index contributed by atoms with van der Waals surface area (Å²) in [4.78, 5) is 0. The van der Waals surface area contributed by atoms with Crippen LogP contribution in [0.5, 0.6) is 0 Å². The van der Waals surface area contributed by atoms with E-state index in [2.05, 4.69) is 49.5 Å². The summed E-state index contributed by atoms with van der Waals surface area (Å²) in [5, 5.41) is 0. The van der Waals surface area contributed by atoms with E-state index in [0.717, 1.165) is 6.42 Å². The van der Waals surface area contributed by atoms with Gasteiger partial charge in [0, 0.05) is 0 Å². The van der Waals surface area contributed by atoms with Crippen LogP contribution >= 0.6 is 0 Å². The van der Waals surface area contributed by atoms with Gasteiger partial charge >= 0.3 is 65.6 Å². The third kappa shape index (κ3) is 5.56. The molecule has 0 fully saturated rings. The van der Waals surface area contributed by atoms with E-state index in [1.807, 2.05) is 0 Å². The predicted octanol–water partition coefficient (Wildman–Crippen LogP) is -6.37. The average molecular weight is 264 g/mol. The molecule has 1 atom stereocenters. The van der Waals surface area contributed by atoms with E-state index < -0.39 is 0 Å².